The number of carbonyl (C=O) groups excluding carboxylic acids is 1. The molecule has 1 rings (SSSR count). The number of likely N-dealkylation sites (N-methyl/N-ethyl adjacent to an activating group) is 1. The monoisotopic (exact) mass is 272 g/mol. The normalized spacial score (nSPS) is 13.1. The molecule has 0 aliphatic heterocycles. The Bertz CT molecular complexity index is 510. The van der Waals surface area contributed by atoms with E-state index in [4.69, 9.17) is 5.11 Å². The summed E-state index contributed by atoms with van der Waals surface area (Å²) in [5.74, 6) is -0.590. The molecule has 7 heteroatoms. The number of sulfonamides is 1. The summed E-state index contributed by atoms with van der Waals surface area (Å²) in [4.78, 5) is 11.4. The molecule has 0 aliphatic carbocycles. The van der Waals surface area contributed by atoms with E-state index in [1.54, 1.807) is 12.1 Å². The molecule has 0 saturated carbocycles. The van der Waals surface area contributed by atoms with Gasteiger partial charge in [0.05, 0.1) is 11.5 Å². The highest BCUT2D eigenvalue weighted by Gasteiger charge is 2.24. The van der Waals surface area contributed by atoms with Gasteiger partial charge in [0.15, 0.2) is 0 Å². The Morgan fingerprint density at radius 2 is 1.89 bits per heavy atom. The zero-order valence-corrected chi connectivity index (χ0v) is 11.0. The van der Waals surface area contributed by atoms with Crippen molar-refractivity contribution < 1.29 is 18.3 Å². The average Bonchev–Trinajstić information content (AvgIpc) is 2.35. The maximum atomic E-state index is 11.9. The molecule has 0 saturated heterocycles. The molecule has 0 spiro atoms. The molecule has 0 aliphatic rings. The lowest BCUT2D eigenvalue weighted by atomic mass is 10.2. The van der Waals surface area contributed by atoms with Gasteiger partial charge in [-0.25, -0.2) is 8.42 Å². The van der Waals surface area contributed by atoms with Crippen LogP contribution in [-0.2, 0) is 14.8 Å². The molecule has 0 fully saturated rings. The van der Waals surface area contributed by atoms with Crippen molar-refractivity contribution in [3.63, 3.8) is 0 Å². The van der Waals surface area contributed by atoms with Gasteiger partial charge in [-0.3, -0.25) is 4.79 Å². The fourth-order valence-electron chi connectivity index (χ4n) is 1.32. The first-order chi connectivity index (χ1) is 8.40. The van der Waals surface area contributed by atoms with E-state index < -0.39 is 28.6 Å². The third-order valence-corrected chi connectivity index (χ3v) is 3.86. The van der Waals surface area contributed by atoms with Crippen LogP contribution in [0.3, 0.4) is 0 Å². The first-order valence-corrected chi connectivity index (χ1v) is 6.80. The van der Waals surface area contributed by atoms with Gasteiger partial charge in [-0.05, 0) is 19.1 Å². The van der Waals surface area contributed by atoms with E-state index in [0.717, 1.165) is 5.56 Å². The van der Waals surface area contributed by atoms with E-state index in [0.29, 0.717) is 0 Å². The fraction of sp³-hybridized carbons (Fsp3) is 0.364. The highest BCUT2D eigenvalue weighted by molar-refractivity contribution is 7.89. The number of hydrogen-bond donors (Lipinski definition) is 3. The number of nitrogens with one attached hydrogen (secondary N) is 2. The number of rotatable bonds is 5. The average molecular weight is 272 g/mol. The van der Waals surface area contributed by atoms with Crippen LogP contribution in [-0.4, -0.2) is 39.1 Å². The molecule has 1 amide bonds. The molecule has 1 atom stereocenters. The minimum absolute atomic E-state index is 0.0513. The molecule has 0 radical (unpaired) electrons. The van der Waals surface area contributed by atoms with Gasteiger partial charge < -0.3 is 10.4 Å². The summed E-state index contributed by atoms with van der Waals surface area (Å²) in [6.07, 6.45) is 0. The second-order valence-corrected chi connectivity index (χ2v) is 5.50. The summed E-state index contributed by atoms with van der Waals surface area (Å²) in [5.41, 5.74) is 0.930. The van der Waals surface area contributed by atoms with Gasteiger partial charge >= 0.3 is 0 Å². The van der Waals surface area contributed by atoms with E-state index in [9.17, 15) is 13.2 Å². The van der Waals surface area contributed by atoms with Crippen LogP contribution in [0.2, 0.25) is 0 Å². The lowest BCUT2D eigenvalue weighted by Crippen LogP contribution is -2.47. The number of aliphatic hydroxyl groups excluding tert-OH is 1. The lowest BCUT2D eigenvalue weighted by molar-refractivity contribution is -0.123. The summed E-state index contributed by atoms with van der Waals surface area (Å²) in [6.45, 7) is 1.23. The quantitative estimate of drug-likeness (QED) is 0.665. The van der Waals surface area contributed by atoms with Gasteiger partial charge in [0.1, 0.15) is 6.04 Å². The van der Waals surface area contributed by atoms with Crippen molar-refractivity contribution in [2.45, 2.75) is 17.9 Å². The van der Waals surface area contributed by atoms with Crippen LogP contribution in [0.25, 0.3) is 0 Å². The van der Waals surface area contributed by atoms with E-state index in [1.807, 2.05) is 6.92 Å². The maximum Gasteiger partial charge on any atom is 0.241 e. The first kappa shape index (κ1) is 14.6. The Kier molecular flexibility index (Phi) is 4.83. The largest absolute Gasteiger partial charge is 0.394 e. The molecule has 0 bridgehead atoms. The number of benzene rings is 1. The fourth-order valence-corrected chi connectivity index (χ4v) is 2.51. The van der Waals surface area contributed by atoms with Crippen molar-refractivity contribution in [1.82, 2.24) is 10.0 Å². The molecule has 100 valence electrons. The maximum absolute atomic E-state index is 11.9. The van der Waals surface area contributed by atoms with Crippen molar-refractivity contribution in [1.29, 1.82) is 0 Å². The van der Waals surface area contributed by atoms with Crippen molar-refractivity contribution in [3.05, 3.63) is 29.8 Å². The van der Waals surface area contributed by atoms with Crippen LogP contribution in [0, 0.1) is 6.92 Å². The Morgan fingerprint density at radius 3 is 2.33 bits per heavy atom. The summed E-state index contributed by atoms with van der Waals surface area (Å²) in [5, 5.41) is 11.3. The summed E-state index contributed by atoms with van der Waals surface area (Å²) < 4.78 is 26.0. The molecule has 0 unspecified atom stereocenters. The van der Waals surface area contributed by atoms with Gasteiger partial charge in [-0.15, -0.1) is 0 Å². The molecular weight excluding hydrogens is 256 g/mol. The van der Waals surface area contributed by atoms with Gasteiger partial charge in [-0.1, -0.05) is 17.7 Å². The molecule has 0 aromatic heterocycles. The van der Waals surface area contributed by atoms with E-state index in [2.05, 4.69) is 10.0 Å². The van der Waals surface area contributed by atoms with Crippen molar-refractivity contribution in [2.24, 2.45) is 0 Å². The molecule has 3 N–H and O–H groups in total. The number of aliphatic hydroxyl groups is 1. The molecule has 1 aromatic carbocycles. The Labute approximate surface area is 106 Å². The molecule has 18 heavy (non-hydrogen) atoms. The van der Waals surface area contributed by atoms with E-state index in [-0.39, 0.29) is 4.90 Å². The summed E-state index contributed by atoms with van der Waals surface area (Å²) in [6, 6.07) is 5.00. The standard InChI is InChI=1S/C11H16N2O4S/c1-8-3-5-9(6-4-8)18(16,17)13-10(7-14)11(15)12-2/h3-6,10,13-14H,7H2,1-2H3,(H,12,15)/t10-/m0/s1. The van der Waals surface area contributed by atoms with E-state index in [1.165, 1.54) is 19.2 Å². The van der Waals surface area contributed by atoms with Gasteiger partial charge in [-0.2, -0.15) is 4.72 Å². The predicted octanol–water partition coefficient (Wildman–Crippen LogP) is -0.620. The number of carbonyl (C=O) groups is 1. The topological polar surface area (TPSA) is 95.5 Å². The third-order valence-electron chi connectivity index (χ3n) is 2.37. The van der Waals surface area contributed by atoms with Crippen LogP contribution in [0.5, 0.6) is 0 Å². The van der Waals surface area contributed by atoms with Crippen molar-refractivity contribution >= 4 is 15.9 Å². The van der Waals surface area contributed by atoms with Crippen LogP contribution >= 0.6 is 0 Å². The SMILES string of the molecule is CNC(=O)[C@H](CO)NS(=O)(=O)c1ccc(C)cc1. The Hall–Kier alpha value is -1.44. The zero-order valence-electron chi connectivity index (χ0n) is 10.2. The summed E-state index contributed by atoms with van der Waals surface area (Å²) >= 11 is 0. The zero-order chi connectivity index (χ0) is 13.8. The minimum Gasteiger partial charge on any atom is -0.394 e. The smallest absolute Gasteiger partial charge is 0.241 e. The highest BCUT2D eigenvalue weighted by atomic mass is 32.2. The van der Waals surface area contributed by atoms with Crippen LogP contribution < -0.4 is 10.0 Å². The molecule has 0 heterocycles. The van der Waals surface area contributed by atoms with Gasteiger partial charge in [0, 0.05) is 7.05 Å². The van der Waals surface area contributed by atoms with Gasteiger partial charge in [0.25, 0.3) is 0 Å². The van der Waals surface area contributed by atoms with Crippen molar-refractivity contribution in [2.75, 3.05) is 13.7 Å². The van der Waals surface area contributed by atoms with Crippen LogP contribution in [0.4, 0.5) is 0 Å². The number of aryl methyl sites for hydroxylation is 1. The lowest BCUT2D eigenvalue weighted by Gasteiger charge is -2.14. The third kappa shape index (κ3) is 3.52. The van der Waals surface area contributed by atoms with Gasteiger partial charge in [0.2, 0.25) is 15.9 Å². The number of hydrogen-bond acceptors (Lipinski definition) is 4. The van der Waals surface area contributed by atoms with Crippen molar-refractivity contribution in [3.8, 4) is 0 Å². The second kappa shape index (κ2) is 5.94. The second-order valence-electron chi connectivity index (χ2n) is 3.78. The molecule has 1 aromatic rings. The van der Waals surface area contributed by atoms with Crippen LogP contribution in [0.15, 0.2) is 29.2 Å². The van der Waals surface area contributed by atoms with Crippen LogP contribution in [0.1, 0.15) is 5.56 Å². The van der Waals surface area contributed by atoms with E-state index >= 15 is 0 Å². The minimum atomic E-state index is -3.81. The molecule has 6 nitrogen and oxygen atoms in total. The Balaban J connectivity index is 2.94. The Morgan fingerprint density at radius 1 is 1.33 bits per heavy atom. The molecular formula is C11H16N2O4S. The predicted molar refractivity (Wildman–Crippen MR) is 66.4 cm³/mol. The summed E-state index contributed by atoms with van der Waals surface area (Å²) in [7, 11) is -2.45. The highest BCUT2D eigenvalue weighted by Crippen LogP contribution is 2.10. The number of amides is 1. The first-order valence-electron chi connectivity index (χ1n) is 5.32.